The van der Waals surface area contributed by atoms with Crippen LogP contribution in [0.3, 0.4) is 0 Å². The Labute approximate surface area is 210 Å². The molecular weight excluding hydrogens is 498 g/mol. The molecule has 0 spiro atoms. The van der Waals surface area contributed by atoms with Crippen molar-refractivity contribution in [1.29, 1.82) is 0 Å². The molecule has 12 heteroatoms. The third kappa shape index (κ3) is 5.07. The molecule has 0 radical (unpaired) electrons. The molecule has 2 aliphatic rings. The standard InChI is InChI=1S/C25H27F4N3O5/c1-12-18(15-6-7-17(19(26)20(15)35-3)36-11-13-4-5-13)21(37-24(12,2)25(27,28)29)23(34)32-14-8-9-31-16(10-14)22(30)33/h6-10,12-13,18,21H,4-5,11H2,1-3H3,(H2,30,33)(H,31,32,34)/t12-,18+,21-,24+/m1/s1. The Bertz CT molecular complexity index is 1200. The predicted octanol–water partition coefficient (Wildman–Crippen LogP) is 4.20. The average Bonchev–Trinajstić information content (AvgIpc) is 3.62. The molecule has 200 valence electrons. The highest BCUT2D eigenvalue weighted by Gasteiger charge is 2.66. The van der Waals surface area contributed by atoms with E-state index >= 15 is 4.39 Å². The lowest BCUT2D eigenvalue weighted by molar-refractivity contribution is -0.272. The van der Waals surface area contributed by atoms with Gasteiger partial charge in [0.2, 0.25) is 5.82 Å². The first-order valence-electron chi connectivity index (χ1n) is 11.7. The molecule has 1 aromatic heterocycles. The van der Waals surface area contributed by atoms with Crippen molar-refractivity contribution in [3.05, 3.63) is 47.5 Å². The van der Waals surface area contributed by atoms with Crippen LogP contribution in [0.15, 0.2) is 30.5 Å². The van der Waals surface area contributed by atoms with Crippen molar-refractivity contribution in [1.82, 2.24) is 4.98 Å². The smallest absolute Gasteiger partial charge is 0.417 e. The first-order valence-corrected chi connectivity index (χ1v) is 11.7. The van der Waals surface area contributed by atoms with Crippen molar-refractivity contribution in [2.24, 2.45) is 17.6 Å². The van der Waals surface area contributed by atoms with E-state index in [4.69, 9.17) is 19.9 Å². The van der Waals surface area contributed by atoms with Crippen molar-refractivity contribution in [3.63, 3.8) is 0 Å². The van der Waals surface area contributed by atoms with Crippen LogP contribution in [0.25, 0.3) is 0 Å². The van der Waals surface area contributed by atoms with Gasteiger partial charge in [-0.1, -0.05) is 13.0 Å². The molecule has 3 N–H and O–H groups in total. The highest BCUT2D eigenvalue weighted by molar-refractivity contribution is 5.97. The summed E-state index contributed by atoms with van der Waals surface area (Å²) in [6.07, 6.45) is -3.34. The number of amides is 2. The molecule has 2 fully saturated rings. The van der Waals surface area contributed by atoms with Crippen molar-refractivity contribution >= 4 is 17.5 Å². The topological polar surface area (TPSA) is 113 Å². The number of carbonyl (C=O) groups excluding carboxylic acids is 2. The highest BCUT2D eigenvalue weighted by Crippen LogP contribution is 2.55. The number of pyridine rings is 1. The normalized spacial score (nSPS) is 25.5. The minimum absolute atomic E-state index is 0.0342. The third-order valence-electron chi connectivity index (χ3n) is 7.03. The van der Waals surface area contributed by atoms with E-state index in [2.05, 4.69) is 10.3 Å². The monoisotopic (exact) mass is 525 g/mol. The molecule has 1 aromatic carbocycles. The van der Waals surface area contributed by atoms with Gasteiger partial charge in [-0.05, 0) is 43.9 Å². The number of hydrogen-bond acceptors (Lipinski definition) is 6. The van der Waals surface area contributed by atoms with Gasteiger partial charge in [0.25, 0.3) is 11.8 Å². The lowest BCUT2D eigenvalue weighted by Crippen LogP contribution is -2.47. The molecule has 4 atom stereocenters. The molecule has 1 saturated carbocycles. The molecular formula is C25H27F4N3O5. The van der Waals surface area contributed by atoms with Gasteiger partial charge < -0.3 is 25.3 Å². The van der Waals surface area contributed by atoms with Gasteiger partial charge >= 0.3 is 6.18 Å². The van der Waals surface area contributed by atoms with Crippen LogP contribution in [0.4, 0.5) is 23.2 Å². The Morgan fingerprint density at radius 1 is 1.27 bits per heavy atom. The van der Waals surface area contributed by atoms with Gasteiger partial charge in [0, 0.05) is 29.3 Å². The summed E-state index contributed by atoms with van der Waals surface area (Å²) in [7, 11) is 1.19. The molecule has 0 bridgehead atoms. The van der Waals surface area contributed by atoms with Gasteiger partial charge in [0.1, 0.15) is 11.8 Å². The van der Waals surface area contributed by atoms with Gasteiger partial charge in [-0.3, -0.25) is 14.6 Å². The van der Waals surface area contributed by atoms with Gasteiger partial charge in [-0.15, -0.1) is 0 Å². The maximum Gasteiger partial charge on any atom is 0.417 e. The van der Waals surface area contributed by atoms with E-state index in [1.807, 2.05) is 0 Å². The second kappa shape index (κ2) is 9.81. The lowest BCUT2D eigenvalue weighted by Gasteiger charge is -2.32. The third-order valence-corrected chi connectivity index (χ3v) is 7.03. The van der Waals surface area contributed by atoms with Gasteiger partial charge in [-0.25, -0.2) is 0 Å². The number of primary amides is 1. The highest BCUT2D eigenvalue weighted by atomic mass is 19.4. The maximum absolute atomic E-state index is 15.3. The van der Waals surface area contributed by atoms with E-state index in [9.17, 15) is 22.8 Å². The largest absolute Gasteiger partial charge is 0.493 e. The number of rotatable bonds is 8. The van der Waals surface area contributed by atoms with E-state index in [0.717, 1.165) is 19.8 Å². The number of nitrogens with zero attached hydrogens (tertiary/aromatic N) is 1. The summed E-state index contributed by atoms with van der Waals surface area (Å²) in [5.74, 6) is -5.27. The Balaban J connectivity index is 1.72. The van der Waals surface area contributed by atoms with Gasteiger partial charge in [0.05, 0.1) is 13.7 Å². The van der Waals surface area contributed by atoms with Crippen molar-refractivity contribution in [2.75, 3.05) is 19.0 Å². The van der Waals surface area contributed by atoms with Crippen LogP contribution >= 0.6 is 0 Å². The number of ether oxygens (including phenoxy) is 3. The second-order valence-electron chi connectivity index (χ2n) is 9.50. The number of carbonyl (C=O) groups is 2. The number of hydrogen-bond donors (Lipinski definition) is 2. The molecule has 1 aliphatic carbocycles. The summed E-state index contributed by atoms with van der Waals surface area (Å²) in [6.45, 7) is 2.46. The van der Waals surface area contributed by atoms with Crippen LogP contribution < -0.4 is 20.5 Å². The molecule has 2 aromatic rings. The summed E-state index contributed by atoms with van der Waals surface area (Å²) in [5, 5.41) is 2.45. The number of methoxy groups -OCH3 is 1. The molecule has 1 saturated heterocycles. The van der Waals surface area contributed by atoms with E-state index in [0.29, 0.717) is 12.5 Å². The van der Waals surface area contributed by atoms with Gasteiger partial charge in [0.15, 0.2) is 17.1 Å². The molecule has 4 rings (SSSR count). The minimum atomic E-state index is -4.84. The Morgan fingerprint density at radius 3 is 2.57 bits per heavy atom. The van der Waals surface area contributed by atoms with Crippen molar-refractivity contribution in [3.8, 4) is 11.5 Å². The molecule has 1 aliphatic heterocycles. The summed E-state index contributed by atoms with van der Waals surface area (Å²) in [5.41, 5.74) is 2.45. The van der Waals surface area contributed by atoms with Crippen LogP contribution in [-0.4, -0.2) is 48.4 Å². The lowest BCUT2D eigenvalue weighted by atomic mass is 9.77. The second-order valence-corrected chi connectivity index (χ2v) is 9.50. The number of benzene rings is 1. The molecule has 37 heavy (non-hydrogen) atoms. The number of aromatic nitrogens is 1. The van der Waals surface area contributed by atoms with Gasteiger partial charge in [-0.2, -0.15) is 17.6 Å². The SMILES string of the molecule is COc1c([C@@H]2[C@@H](C)[C@@](C)(C(F)(F)F)O[C@H]2C(=O)Nc2ccnc(C(N)=O)c2)ccc(OCC2CC2)c1F. The van der Waals surface area contributed by atoms with Crippen molar-refractivity contribution < 1.29 is 41.4 Å². The fourth-order valence-electron chi connectivity index (χ4n) is 4.51. The number of nitrogens with one attached hydrogen (secondary N) is 1. The van der Waals surface area contributed by atoms with E-state index in [1.165, 1.54) is 44.5 Å². The zero-order valence-corrected chi connectivity index (χ0v) is 20.4. The average molecular weight is 525 g/mol. The van der Waals surface area contributed by atoms with E-state index in [-0.39, 0.29) is 28.4 Å². The van der Waals surface area contributed by atoms with Crippen LogP contribution in [0.1, 0.15) is 48.7 Å². The quantitative estimate of drug-likeness (QED) is 0.500. The first-order chi connectivity index (χ1) is 17.4. The van der Waals surface area contributed by atoms with Crippen molar-refractivity contribution in [2.45, 2.75) is 50.5 Å². The Hall–Kier alpha value is -3.41. The zero-order valence-electron chi connectivity index (χ0n) is 20.4. The predicted molar refractivity (Wildman–Crippen MR) is 124 cm³/mol. The first kappa shape index (κ1) is 26.6. The number of anilines is 1. The fraction of sp³-hybridized carbons (Fsp3) is 0.480. The maximum atomic E-state index is 15.3. The summed E-state index contributed by atoms with van der Waals surface area (Å²) in [6, 6.07) is 5.24. The van der Waals surface area contributed by atoms with E-state index < -0.39 is 47.3 Å². The number of alkyl halides is 3. The number of nitrogens with two attached hydrogens (primary N) is 1. The minimum Gasteiger partial charge on any atom is -0.493 e. The molecule has 8 nitrogen and oxygen atoms in total. The zero-order chi connectivity index (χ0) is 27.1. The van der Waals surface area contributed by atoms with E-state index in [1.54, 1.807) is 0 Å². The molecule has 2 amide bonds. The van der Waals surface area contributed by atoms with Crippen LogP contribution in [0.2, 0.25) is 0 Å². The van der Waals surface area contributed by atoms with Crippen LogP contribution in [0, 0.1) is 17.7 Å². The van der Waals surface area contributed by atoms with Crippen LogP contribution in [-0.2, 0) is 9.53 Å². The summed E-state index contributed by atoms with van der Waals surface area (Å²) in [4.78, 5) is 28.5. The Kier molecular flexibility index (Phi) is 7.06. The fourth-order valence-corrected chi connectivity index (χ4v) is 4.51. The number of halogens is 4. The molecule has 0 unspecified atom stereocenters. The van der Waals surface area contributed by atoms with Crippen LogP contribution in [0.5, 0.6) is 11.5 Å². The molecule has 2 heterocycles. The summed E-state index contributed by atoms with van der Waals surface area (Å²) < 4.78 is 74.0. The Morgan fingerprint density at radius 2 is 1.97 bits per heavy atom. The summed E-state index contributed by atoms with van der Waals surface area (Å²) >= 11 is 0.